The topological polar surface area (TPSA) is 38.8 Å². The predicted molar refractivity (Wildman–Crippen MR) is 99.8 cm³/mol. The Hall–Kier alpha value is -1.91. The van der Waals surface area contributed by atoms with Crippen molar-refractivity contribution in [3.8, 4) is 0 Å². The summed E-state index contributed by atoms with van der Waals surface area (Å²) in [5, 5.41) is 2.27. The fraction of sp³-hybridized carbons (Fsp3) is 0.476. The standard InChI is InChI=1S/C21H27NO3/c1-22(2)12-14-25-21(23)20(15-17-9-6-13-24-17)19-11-5-8-16-7-3-4-10-18(16)19/h3-5,7-8,10-11,17,20H,6,9,12-15H2,1-2H3/t17-,20+/m1/s1. The predicted octanol–water partition coefficient (Wildman–Crippen LogP) is 3.60. The zero-order valence-corrected chi connectivity index (χ0v) is 15.1. The average molecular weight is 341 g/mol. The Kier molecular flexibility index (Phi) is 6.05. The van der Waals surface area contributed by atoms with Crippen LogP contribution in [0.15, 0.2) is 42.5 Å². The zero-order valence-electron chi connectivity index (χ0n) is 15.1. The Balaban J connectivity index is 1.85. The van der Waals surface area contributed by atoms with Gasteiger partial charge in [-0.15, -0.1) is 0 Å². The highest BCUT2D eigenvalue weighted by molar-refractivity contribution is 5.91. The Morgan fingerprint density at radius 2 is 2.04 bits per heavy atom. The molecule has 3 rings (SSSR count). The van der Waals surface area contributed by atoms with Gasteiger partial charge < -0.3 is 14.4 Å². The number of hydrogen-bond acceptors (Lipinski definition) is 4. The van der Waals surface area contributed by atoms with Gasteiger partial charge in [0.2, 0.25) is 0 Å². The van der Waals surface area contributed by atoms with Gasteiger partial charge >= 0.3 is 5.97 Å². The number of benzene rings is 2. The van der Waals surface area contributed by atoms with Crippen LogP contribution in [0.1, 0.15) is 30.7 Å². The lowest BCUT2D eigenvalue weighted by molar-refractivity contribution is -0.146. The fourth-order valence-electron chi connectivity index (χ4n) is 3.43. The largest absolute Gasteiger partial charge is 0.464 e. The van der Waals surface area contributed by atoms with Crippen molar-refractivity contribution < 1.29 is 14.3 Å². The summed E-state index contributed by atoms with van der Waals surface area (Å²) in [5.74, 6) is -0.426. The summed E-state index contributed by atoms with van der Waals surface area (Å²) < 4.78 is 11.4. The number of nitrogens with zero attached hydrogens (tertiary/aromatic N) is 1. The number of esters is 1. The van der Waals surface area contributed by atoms with E-state index < -0.39 is 0 Å². The minimum absolute atomic E-state index is 0.144. The molecule has 0 radical (unpaired) electrons. The molecule has 0 saturated carbocycles. The molecule has 1 fully saturated rings. The molecule has 0 bridgehead atoms. The Labute approximate surface area is 149 Å². The number of rotatable bonds is 7. The van der Waals surface area contributed by atoms with E-state index in [9.17, 15) is 4.79 Å². The molecule has 25 heavy (non-hydrogen) atoms. The molecule has 1 saturated heterocycles. The number of hydrogen-bond donors (Lipinski definition) is 0. The van der Waals surface area contributed by atoms with Crippen LogP contribution in [-0.4, -0.2) is 50.8 Å². The van der Waals surface area contributed by atoms with Crippen molar-refractivity contribution in [3.05, 3.63) is 48.0 Å². The Morgan fingerprint density at radius 3 is 2.80 bits per heavy atom. The first-order valence-corrected chi connectivity index (χ1v) is 9.06. The maximum absolute atomic E-state index is 12.9. The third-order valence-corrected chi connectivity index (χ3v) is 4.79. The van der Waals surface area contributed by atoms with Gasteiger partial charge in [-0.2, -0.15) is 0 Å². The van der Waals surface area contributed by atoms with Crippen molar-refractivity contribution in [2.45, 2.75) is 31.3 Å². The molecule has 1 aliphatic rings. The summed E-state index contributed by atoms with van der Waals surface area (Å²) in [6, 6.07) is 14.4. The summed E-state index contributed by atoms with van der Waals surface area (Å²) in [6.07, 6.45) is 2.93. The van der Waals surface area contributed by atoms with Crippen molar-refractivity contribution in [1.29, 1.82) is 0 Å². The van der Waals surface area contributed by atoms with Gasteiger partial charge in [0.1, 0.15) is 6.61 Å². The highest BCUT2D eigenvalue weighted by Crippen LogP contribution is 2.32. The molecule has 1 heterocycles. The van der Waals surface area contributed by atoms with Crippen LogP contribution in [0, 0.1) is 0 Å². The second-order valence-corrected chi connectivity index (χ2v) is 6.96. The van der Waals surface area contributed by atoms with E-state index >= 15 is 0 Å². The molecule has 2 atom stereocenters. The van der Waals surface area contributed by atoms with E-state index in [-0.39, 0.29) is 18.0 Å². The van der Waals surface area contributed by atoms with E-state index in [4.69, 9.17) is 9.47 Å². The molecular weight excluding hydrogens is 314 g/mol. The van der Waals surface area contributed by atoms with Crippen LogP contribution in [0.25, 0.3) is 10.8 Å². The normalized spacial score (nSPS) is 18.6. The van der Waals surface area contributed by atoms with Crippen LogP contribution in [0.2, 0.25) is 0 Å². The first-order chi connectivity index (χ1) is 12.1. The SMILES string of the molecule is CN(C)CCOC(=O)[C@@H](C[C@H]1CCCO1)c1cccc2ccccc12. The quantitative estimate of drug-likeness (QED) is 0.721. The Bertz CT molecular complexity index is 702. The number of carbonyl (C=O) groups excluding carboxylic acids is 1. The van der Waals surface area contributed by atoms with Gasteiger partial charge in [0.25, 0.3) is 0 Å². The van der Waals surface area contributed by atoms with E-state index in [1.165, 1.54) is 0 Å². The summed E-state index contributed by atoms with van der Waals surface area (Å²) in [5.41, 5.74) is 1.04. The summed E-state index contributed by atoms with van der Waals surface area (Å²) >= 11 is 0. The molecule has 0 amide bonds. The van der Waals surface area contributed by atoms with Gasteiger partial charge in [-0.05, 0) is 49.7 Å². The van der Waals surface area contributed by atoms with Crippen molar-refractivity contribution in [2.75, 3.05) is 33.9 Å². The fourth-order valence-corrected chi connectivity index (χ4v) is 3.43. The highest BCUT2D eigenvalue weighted by atomic mass is 16.5. The van der Waals surface area contributed by atoms with Gasteiger partial charge in [-0.25, -0.2) is 0 Å². The molecule has 134 valence electrons. The van der Waals surface area contributed by atoms with Crippen LogP contribution in [-0.2, 0) is 14.3 Å². The minimum Gasteiger partial charge on any atom is -0.464 e. The van der Waals surface area contributed by atoms with E-state index in [1.54, 1.807) is 0 Å². The molecule has 0 aliphatic carbocycles. The molecule has 2 aromatic rings. The average Bonchev–Trinajstić information content (AvgIpc) is 3.12. The van der Waals surface area contributed by atoms with E-state index in [2.05, 4.69) is 24.3 Å². The lowest BCUT2D eigenvalue weighted by Crippen LogP contribution is -2.25. The third-order valence-electron chi connectivity index (χ3n) is 4.79. The van der Waals surface area contributed by atoms with Gasteiger partial charge in [0, 0.05) is 13.2 Å². The van der Waals surface area contributed by atoms with Gasteiger partial charge in [-0.1, -0.05) is 42.5 Å². The molecule has 4 heteroatoms. The zero-order chi connectivity index (χ0) is 17.6. The second kappa shape index (κ2) is 8.45. The van der Waals surface area contributed by atoms with Gasteiger partial charge in [0.05, 0.1) is 12.0 Å². The van der Waals surface area contributed by atoms with Gasteiger partial charge in [-0.3, -0.25) is 4.79 Å². The lowest BCUT2D eigenvalue weighted by atomic mass is 9.88. The number of likely N-dealkylation sites (N-methyl/N-ethyl adjacent to an activating group) is 1. The molecule has 0 aromatic heterocycles. The molecular formula is C21H27NO3. The summed E-state index contributed by atoms with van der Waals surface area (Å²) in [7, 11) is 3.95. The second-order valence-electron chi connectivity index (χ2n) is 6.96. The minimum atomic E-state index is -0.281. The molecule has 1 aliphatic heterocycles. The molecule has 4 nitrogen and oxygen atoms in total. The van der Waals surface area contributed by atoms with Crippen molar-refractivity contribution >= 4 is 16.7 Å². The lowest BCUT2D eigenvalue weighted by Gasteiger charge is -2.21. The molecule has 0 N–H and O–H groups in total. The van der Waals surface area contributed by atoms with Gasteiger partial charge in [0.15, 0.2) is 0 Å². The number of fused-ring (bicyclic) bond motifs is 1. The van der Waals surface area contributed by atoms with E-state index in [0.29, 0.717) is 13.0 Å². The van der Waals surface area contributed by atoms with Crippen LogP contribution in [0.3, 0.4) is 0 Å². The monoisotopic (exact) mass is 341 g/mol. The van der Waals surface area contributed by atoms with Crippen molar-refractivity contribution in [3.63, 3.8) is 0 Å². The van der Waals surface area contributed by atoms with E-state index in [0.717, 1.165) is 42.3 Å². The molecule has 0 unspecified atom stereocenters. The first kappa shape index (κ1) is 17.9. The third kappa shape index (κ3) is 4.59. The highest BCUT2D eigenvalue weighted by Gasteiger charge is 2.29. The molecule has 0 spiro atoms. The van der Waals surface area contributed by atoms with Crippen LogP contribution >= 0.6 is 0 Å². The Morgan fingerprint density at radius 1 is 1.24 bits per heavy atom. The smallest absolute Gasteiger partial charge is 0.313 e. The number of carbonyl (C=O) groups is 1. The summed E-state index contributed by atoms with van der Waals surface area (Å²) in [4.78, 5) is 14.9. The summed E-state index contributed by atoms with van der Waals surface area (Å²) in [6.45, 7) is 1.94. The van der Waals surface area contributed by atoms with Crippen LogP contribution in [0.4, 0.5) is 0 Å². The van der Waals surface area contributed by atoms with Crippen molar-refractivity contribution in [1.82, 2.24) is 4.90 Å². The maximum Gasteiger partial charge on any atom is 0.313 e. The van der Waals surface area contributed by atoms with Crippen LogP contribution < -0.4 is 0 Å². The van der Waals surface area contributed by atoms with E-state index in [1.807, 2.05) is 37.2 Å². The number of ether oxygens (including phenoxy) is 2. The van der Waals surface area contributed by atoms with Crippen LogP contribution in [0.5, 0.6) is 0 Å². The van der Waals surface area contributed by atoms with Crippen molar-refractivity contribution in [2.24, 2.45) is 0 Å². The maximum atomic E-state index is 12.9. The first-order valence-electron chi connectivity index (χ1n) is 9.06. The molecule has 2 aromatic carbocycles.